The number of ketones is 1. The monoisotopic (exact) mass is 937 g/mol. The number of nitrogens with two attached hydrogens (primary N) is 2. The van der Waals surface area contributed by atoms with E-state index in [2.05, 4.69) is 26.0 Å². The zero-order valence-electron chi connectivity index (χ0n) is 33.0. The molecule has 0 radical (unpaired) electrons. The van der Waals surface area contributed by atoms with Gasteiger partial charge in [0.1, 0.15) is 11.9 Å². The van der Waals surface area contributed by atoms with E-state index < -0.39 is 29.9 Å². The van der Waals surface area contributed by atoms with Crippen LogP contribution in [0.1, 0.15) is 100 Å². The largest absolute Gasteiger partial charge is 2.00 e. The van der Waals surface area contributed by atoms with E-state index in [0.29, 0.717) is 17.9 Å². The van der Waals surface area contributed by atoms with E-state index in [4.69, 9.17) is 41.1 Å². The van der Waals surface area contributed by atoms with Crippen molar-refractivity contribution in [1.29, 1.82) is 0 Å². The van der Waals surface area contributed by atoms with Gasteiger partial charge in [0.15, 0.2) is 0 Å². The molecule has 1 fully saturated rings. The number of carboxylic acids is 3. The average Bonchev–Trinajstić information content (AvgIpc) is 3.08. The number of carbonyl (C=O) groups is 5. The molecule has 13 heteroatoms. The number of carboxylic acid groups (broad SMARTS) is 3. The molecular weight excluding hydrogens is 876 g/mol. The molecule has 6 N–H and O–H groups in total. The van der Waals surface area contributed by atoms with Crippen molar-refractivity contribution in [2.75, 3.05) is 0 Å². The predicted molar refractivity (Wildman–Crippen MR) is 201 cm³/mol. The Hall–Kier alpha value is -3.44. The first-order valence-electron chi connectivity index (χ1n) is 18.4. The first-order chi connectivity index (χ1) is 24.7. The summed E-state index contributed by atoms with van der Waals surface area (Å²) in [6.45, 7) is 15.4. The normalized spacial score (nSPS) is 23.3. The number of carbonyl (C=O) groups excluding carboxylic acids is 4. The number of ether oxygens (including phenoxy) is 1. The van der Waals surface area contributed by atoms with E-state index in [1.807, 2.05) is 58.1 Å². The maximum atomic E-state index is 13.0. The zero-order valence-corrected chi connectivity index (χ0v) is 35.2. The number of hydrogen-bond donors (Lipinski definition) is 4. The Morgan fingerprint density at radius 2 is 1.54 bits per heavy atom. The Morgan fingerprint density at radius 1 is 0.981 bits per heavy atom. The summed E-state index contributed by atoms with van der Waals surface area (Å²) in [4.78, 5) is 53.2. The number of aliphatic hydroxyl groups excluding tert-OH is 1. The number of cyclic esters (lactones) is 1. The summed E-state index contributed by atoms with van der Waals surface area (Å²) >= 11 is 0. The molecule has 2 rings (SSSR count). The van der Waals surface area contributed by atoms with Crippen LogP contribution in [0.5, 0.6) is 0 Å². The van der Waals surface area contributed by atoms with Crippen molar-refractivity contribution in [2.24, 2.45) is 41.1 Å². The second-order valence-corrected chi connectivity index (χ2v) is 14.3. The second-order valence-electron chi connectivity index (χ2n) is 14.3. The molecule has 1 heterocycles. The summed E-state index contributed by atoms with van der Waals surface area (Å²) in [5.41, 5.74) is 14.1. The predicted octanol–water partition coefficient (Wildman–Crippen LogP) is 3.48. The maximum Gasteiger partial charge on any atom is 2.00 e. The van der Waals surface area contributed by atoms with Crippen LogP contribution in [0.15, 0.2) is 71.4 Å². The molecule has 0 saturated heterocycles. The Morgan fingerprint density at radius 3 is 2.02 bits per heavy atom. The summed E-state index contributed by atoms with van der Waals surface area (Å²) in [6, 6.07) is 0.562. The van der Waals surface area contributed by atoms with E-state index in [1.54, 1.807) is 13.8 Å². The SMILES string of the molecule is CCC(=C/[C@H](C)C/C=C/C(C)=C/[C@@H](C)C(=O)[C@@H](C)[C@H](O)[C@@H](C)C/C(C)=C/C(=O)O)/C=C/[C@@H]1OC(=O)C=C[C@@H]1C.N[C@@H]1CCCC[C@H]1N.O=C([O-])C(=O)[O-].[Pt+2]. The van der Waals surface area contributed by atoms with E-state index in [1.165, 1.54) is 24.5 Å². The molecule has 54 heavy (non-hydrogen) atoms. The number of allylic oxidation sites excluding steroid dienone is 8. The van der Waals surface area contributed by atoms with Gasteiger partial charge in [-0.3, -0.25) is 4.79 Å². The van der Waals surface area contributed by atoms with Crippen molar-refractivity contribution in [1.82, 2.24) is 0 Å². The fourth-order valence-electron chi connectivity index (χ4n) is 5.94. The minimum atomic E-state index is -2.19. The van der Waals surface area contributed by atoms with Crippen LogP contribution in [0.3, 0.4) is 0 Å². The average molecular weight is 938 g/mol. The molecule has 0 bridgehead atoms. The van der Waals surface area contributed by atoms with Gasteiger partial charge in [-0.15, -0.1) is 0 Å². The molecule has 9 atom stereocenters. The van der Waals surface area contributed by atoms with Crippen LogP contribution in [0.25, 0.3) is 0 Å². The maximum absolute atomic E-state index is 13.0. The first kappa shape index (κ1) is 52.7. The van der Waals surface area contributed by atoms with Gasteiger partial charge in [-0.2, -0.15) is 0 Å². The van der Waals surface area contributed by atoms with Crippen molar-refractivity contribution in [3.8, 4) is 0 Å². The van der Waals surface area contributed by atoms with E-state index >= 15 is 0 Å². The Labute approximate surface area is 335 Å². The fourth-order valence-corrected chi connectivity index (χ4v) is 5.94. The molecule has 1 saturated carbocycles. The molecule has 0 aromatic carbocycles. The third-order valence-corrected chi connectivity index (χ3v) is 9.16. The smallest absolute Gasteiger partial charge is 0.543 e. The van der Waals surface area contributed by atoms with Crippen LogP contribution in [0.2, 0.25) is 0 Å². The van der Waals surface area contributed by atoms with Gasteiger partial charge in [0.05, 0.1) is 18.0 Å². The zero-order chi connectivity index (χ0) is 40.8. The van der Waals surface area contributed by atoms with Crippen LogP contribution in [0, 0.1) is 29.6 Å². The molecule has 0 aromatic heterocycles. The van der Waals surface area contributed by atoms with Crippen molar-refractivity contribution in [3.05, 3.63) is 71.4 Å². The van der Waals surface area contributed by atoms with Crippen molar-refractivity contribution in [2.45, 2.75) is 125 Å². The standard InChI is InChI=1S/C33H48O6.C6H14N2.C2H2O4.Pt/c1-9-28(14-15-29-24(5)13-16-31(36)39-29)19-22(3)12-10-11-21(2)17-25(6)32(37)27(8)33(38)26(7)18-23(4)20-30(34)35;7-5-3-1-2-4-6(5)8;3-1(4)2(5)6;/h10-11,13-17,19-20,22,24-27,29,33,38H,9,12,18H2,1-8H3,(H,34,35);5-6H,1-4,7-8H2;(H,3,4)(H,5,6);/q;;;+2/p-2/b11-10+,15-14+,21-17+,23-20+,28-19-;;;/t22-,24+,25-,26+,27-,29+,33-;5-,6-;;/m11../s1. The second kappa shape index (κ2) is 28.0. The number of Topliss-reactive ketones (excluding diaryl/α,β-unsaturated/α-hetero) is 1. The molecule has 1 aliphatic heterocycles. The summed E-state index contributed by atoms with van der Waals surface area (Å²) < 4.78 is 5.39. The number of aliphatic carboxylic acids is 3. The van der Waals surface area contributed by atoms with E-state index in [9.17, 15) is 19.5 Å². The topological polar surface area (TPSA) is 233 Å². The quantitative estimate of drug-likeness (QED) is 0.0801. The molecule has 0 aromatic rings. The van der Waals surface area contributed by atoms with Crippen LogP contribution in [-0.2, 0) is 49.8 Å². The van der Waals surface area contributed by atoms with Crippen LogP contribution in [-0.4, -0.2) is 64.2 Å². The number of esters is 1. The minimum absolute atomic E-state index is 0. The van der Waals surface area contributed by atoms with E-state index in [-0.39, 0.29) is 68.8 Å². The summed E-state index contributed by atoms with van der Waals surface area (Å²) in [5, 5.41) is 37.4. The van der Waals surface area contributed by atoms with Gasteiger partial charge in [-0.25, -0.2) is 9.59 Å². The van der Waals surface area contributed by atoms with Crippen LogP contribution in [0.4, 0.5) is 0 Å². The van der Waals surface area contributed by atoms with Gasteiger partial charge in [-0.1, -0.05) is 108 Å². The Kier molecular flexibility index (Phi) is 27.3. The van der Waals surface area contributed by atoms with Gasteiger partial charge in [0.25, 0.3) is 0 Å². The number of aliphatic hydroxyl groups is 1. The van der Waals surface area contributed by atoms with Gasteiger partial charge >= 0.3 is 33.0 Å². The molecule has 2 aliphatic rings. The van der Waals surface area contributed by atoms with Crippen molar-refractivity contribution >= 4 is 29.7 Å². The number of rotatable bonds is 15. The molecular formula is C41H62N2O10Pt. The van der Waals surface area contributed by atoms with Gasteiger partial charge < -0.3 is 46.2 Å². The molecule has 0 amide bonds. The van der Waals surface area contributed by atoms with Gasteiger partial charge in [-0.05, 0) is 63.9 Å². The Balaban J connectivity index is 0. The minimum Gasteiger partial charge on any atom is -0.543 e. The van der Waals surface area contributed by atoms with Crippen molar-refractivity contribution < 1.29 is 70.2 Å². The molecule has 306 valence electrons. The summed E-state index contributed by atoms with van der Waals surface area (Å²) in [6.07, 6.45) is 22.6. The van der Waals surface area contributed by atoms with Gasteiger partial charge in [0.2, 0.25) is 0 Å². The third kappa shape index (κ3) is 22.7. The van der Waals surface area contributed by atoms with Gasteiger partial charge in [0, 0.05) is 42.0 Å². The number of hydrogen-bond acceptors (Lipinski definition) is 11. The van der Waals surface area contributed by atoms with Crippen LogP contribution < -0.4 is 21.7 Å². The summed E-state index contributed by atoms with van der Waals surface area (Å²) in [7, 11) is 0. The van der Waals surface area contributed by atoms with Crippen molar-refractivity contribution in [3.63, 3.8) is 0 Å². The van der Waals surface area contributed by atoms with E-state index in [0.717, 1.165) is 37.3 Å². The molecule has 1 aliphatic carbocycles. The fraction of sp³-hybridized carbons (Fsp3) is 0.585. The molecule has 0 spiro atoms. The molecule has 12 nitrogen and oxygen atoms in total. The van der Waals surface area contributed by atoms with Crippen LogP contribution >= 0.6 is 0 Å². The summed E-state index contributed by atoms with van der Waals surface area (Å²) in [5.74, 6) is -6.38. The molecule has 0 unspecified atom stereocenters. The Bertz CT molecular complexity index is 1380. The first-order valence-corrected chi connectivity index (χ1v) is 18.4. The third-order valence-electron chi connectivity index (χ3n) is 9.16.